The van der Waals surface area contributed by atoms with Crippen molar-refractivity contribution < 1.29 is 9.59 Å². The number of amides is 2. The first-order chi connectivity index (χ1) is 13.1. The Kier molecular flexibility index (Phi) is 8.92. The first kappa shape index (κ1) is 21.0. The summed E-state index contributed by atoms with van der Waals surface area (Å²) in [6.07, 6.45) is 2.68. The van der Waals surface area contributed by atoms with Crippen LogP contribution >= 0.6 is 11.8 Å². The SMILES string of the molecule is CCc1ccccc1NC(=O)CCSCCC(=O)Nc1ccccc1CC. The molecule has 0 unspecified atom stereocenters. The van der Waals surface area contributed by atoms with Gasteiger partial charge in [0, 0.05) is 35.7 Å². The topological polar surface area (TPSA) is 58.2 Å². The Morgan fingerprint density at radius 3 is 1.56 bits per heavy atom. The van der Waals surface area contributed by atoms with Gasteiger partial charge in [-0.3, -0.25) is 9.59 Å². The van der Waals surface area contributed by atoms with E-state index in [1.165, 1.54) is 0 Å². The molecule has 0 spiro atoms. The Morgan fingerprint density at radius 1 is 0.741 bits per heavy atom. The Balaban J connectivity index is 1.65. The second-order valence-corrected chi connectivity index (χ2v) is 7.45. The minimum Gasteiger partial charge on any atom is -0.326 e. The second-order valence-electron chi connectivity index (χ2n) is 6.23. The van der Waals surface area contributed by atoms with Crippen molar-refractivity contribution >= 4 is 35.0 Å². The monoisotopic (exact) mass is 384 g/mol. The third kappa shape index (κ3) is 7.10. The fourth-order valence-corrected chi connectivity index (χ4v) is 3.62. The zero-order chi connectivity index (χ0) is 19.5. The first-order valence-corrected chi connectivity index (χ1v) is 10.6. The van der Waals surface area contributed by atoms with Crippen LogP contribution in [0.2, 0.25) is 0 Å². The molecule has 2 aromatic carbocycles. The largest absolute Gasteiger partial charge is 0.326 e. The van der Waals surface area contributed by atoms with E-state index in [0.717, 1.165) is 35.3 Å². The molecule has 0 atom stereocenters. The number of hydrogen-bond donors (Lipinski definition) is 2. The molecule has 2 N–H and O–H groups in total. The Hall–Kier alpha value is -2.27. The summed E-state index contributed by atoms with van der Waals surface area (Å²) in [5.74, 6) is 1.45. The van der Waals surface area contributed by atoms with Gasteiger partial charge in [-0.2, -0.15) is 11.8 Å². The summed E-state index contributed by atoms with van der Waals surface area (Å²) in [5.41, 5.74) is 4.07. The molecule has 0 saturated carbocycles. The summed E-state index contributed by atoms with van der Waals surface area (Å²) in [7, 11) is 0. The van der Waals surface area contributed by atoms with Crippen molar-refractivity contribution in [3.63, 3.8) is 0 Å². The fourth-order valence-electron chi connectivity index (χ4n) is 2.76. The number of nitrogens with one attached hydrogen (secondary N) is 2. The number of carbonyl (C=O) groups excluding carboxylic acids is 2. The highest BCUT2D eigenvalue weighted by atomic mass is 32.2. The van der Waals surface area contributed by atoms with Crippen molar-refractivity contribution in [2.75, 3.05) is 22.1 Å². The Morgan fingerprint density at radius 2 is 1.15 bits per heavy atom. The van der Waals surface area contributed by atoms with E-state index in [1.54, 1.807) is 11.8 Å². The molecular formula is C22H28N2O2S. The average molecular weight is 385 g/mol. The summed E-state index contributed by atoms with van der Waals surface area (Å²) in [4.78, 5) is 24.2. The van der Waals surface area contributed by atoms with Crippen LogP contribution < -0.4 is 10.6 Å². The lowest BCUT2D eigenvalue weighted by Crippen LogP contribution is -2.15. The van der Waals surface area contributed by atoms with E-state index in [9.17, 15) is 9.59 Å². The first-order valence-electron chi connectivity index (χ1n) is 9.47. The highest BCUT2D eigenvalue weighted by Gasteiger charge is 2.07. The Bertz CT molecular complexity index is 698. The molecule has 0 bridgehead atoms. The summed E-state index contributed by atoms with van der Waals surface area (Å²) in [6, 6.07) is 15.7. The van der Waals surface area contributed by atoms with Gasteiger partial charge < -0.3 is 10.6 Å². The number of benzene rings is 2. The molecule has 144 valence electrons. The van der Waals surface area contributed by atoms with Crippen molar-refractivity contribution in [2.24, 2.45) is 0 Å². The molecule has 5 heteroatoms. The van der Waals surface area contributed by atoms with Crippen molar-refractivity contribution in [3.05, 3.63) is 59.7 Å². The van der Waals surface area contributed by atoms with E-state index in [4.69, 9.17) is 0 Å². The summed E-state index contributed by atoms with van der Waals surface area (Å²) >= 11 is 1.63. The van der Waals surface area contributed by atoms with Crippen molar-refractivity contribution in [1.29, 1.82) is 0 Å². The smallest absolute Gasteiger partial charge is 0.225 e. The maximum atomic E-state index is 12.1. The lowest BCUT2D eigenvalue weighted by molar-refractivity contribution is -0.116. The van der Waals surface area contributed by atoms with Crippen molar-refractivity contribution in [1.82, 2.24) is 0 Å². The molecule has 0 saturated heterocycles. The molecule has 0 aromatic heterocycles. The van der Waals surface area contributed by atoms with Crippen LogP contribution in [-0.4, -0.2) is 23.3 Å². The number of hydrogen-bond acceptors (Lipinski definition) is 3. The number of aryl methyl sites for hydroxylation is 2. The van der Waals surface area contributed by atoms with Gasteiger partial charge >= 0.3 is 0 Å². The number of anilines is 2. The quantitative estimate of drug-likeness (QED) is 0.573. The molecule has 0 aliphatic heterocycles. The van der Waals surface area contributed by atoms with Crippen LogP contribution in [0.3, 0.4) is 0 Å². The van der Waals surface area contributed by atoms with Gasteiger partial charge in [0.25, 0.3) is 0 Å². The highest BCUT2D eigenvalue weighted by Crippen LogP contribution is 2.17. The van der Waals surface area contributed by atoms with Gasteiger partial charge in [-0.05, 0) is 36.1 Å². The van der Waals surface area contributed by atoms with Gasteiger partial charge in [-0.15, -0.1) is 0 Å². The predicted molar refractivity (Wildman–Crippen MR) is 115 cm³/mol. The molecule has 0 radical (unpaired) electrons. The van der Waals surface area contributed by atoms with Crippen LogP contribution in [0, 0.1) is 0 Å². The van der Waals surface area contributed by atoms with E-state index >= 15 is 0 Å². The lowest BCUT2D eigenvalue weighted by Gasteiger charge is -2.10. The predicted octanol–water partition coefficient (Wildman–Crippen LogP) is 4.90. The zero-order valence-electron chi connectivity index (χ0n) is 16.1. The molecule has 0 heterocycles. The van der Waals surface area contributed by atoms with E-state index in [2.05, 4.69) is 24.5 Å². The van der Waals surface area contributed by atoms with Crippen LogP contribution in [0.1, 0.15) is 37.8 Å². The molecule has 4 nitrogen and oxygen atoms in total. The standard InChI is InChI=1S/C22H28N2O2S/c1-3-17-9-5-7-11-19(17)23-21(25)13-15-27-16-14-22(26)24-20-12-8-6-10-18(20)4-2/h5-12H,3-4,13-16H2,1-2H3,(H,23,25)(H,24,26). The number of thioether (sulfide) groups is 1. The van der Waals surface area contributed by atoms with Crippen LogP contribution in [0.5, 0.6) is 0 Å². The van der Waals surface area contributed by atoms with Gasteiger partial charge in [-0.25, -0.2) is 0 Å². The van der Waals surface area contributed by atoms with Crippen LogP contribution in [0.25, 0.3) is 0 Å². The maximum Gasteiger partial charge on any atom is 0.225 e. The van der Waals surface area contributed by atoms with Gasteiger partial charge in [0.1, 0.15) is 0 Å². The molecule has 2 aromatic rings. The minimum atomic E-state index is 0.0183. The van der Waals surface area contributed by atoms with Gasteiger partial charge in [0.15, 0.2) is 0 Å². The maximum absolute atomic E-state index is 12.1. The van der Waals surface area contributed by atoms with Gasteiger partial charge in [0.2, 0.25) is 11.8 Å². The minimum absolute atomic E-state index is 0.0183. The van der Waals surface area contributed by atoms with Gasteiger partial charge in [-0.1, -0.05) is 50.2 Å². The van der Waals surface area contributed by atoms with E-state index in [0.29, 0.717) is 24.3 Å². The molecule has 27 heavy (non-hydrogen) atoms. The molecular weight excluding hydrogens is 356 g/mol. The third-order valence-electron chi connectivity index (χ3n) is 4.29. The summed E-state index contributed by atoms with van der Waals surface area (Å²) < 4.78 is 0. The molecule has 0 aliphatic rings. The number of carbonyl (C=O) groups is 2. The second kappa shape index (κ2) is 11.4. The molecule has 2 amide bonds. The van der Waals surface area contributed by atoms with Crippen LogP contribution in [-0.2, 0) is 22.4 Å². The number of rotatable bonds is 10. The summed E-state index contributed by atoms with van der Waals surface area (Å²) in [6.45, 7) is 4.15. The molecule has 2 rings (SSSR count). The summed E-state index contributed by atoms with van der Waals surface area (Å²) in [5, 5.41) is 5.95. The van der Waals surface area contributed by atoms with E-state index in [1.807, 2.05) is 48.5 Å². The van der Waals surface area contributed by atoms with Crippen LogP contribution in [0.4, 0.5) is 11.4 Å². The Labute approximate surface area is 166 Å². The van der Waals surface area contributed by atoms with Crippen LogP contribution in [0.15, 0.2) is 48.5 Å². The van der Waals surface area contributed by atoms with Crippen molar-refractivity contribution in [2.45, 2.75) is 39.5 Å². The normalized spacial score (nSPS) is 10.4. The zero-order valence-corrected chi connectivity index (χ0v) is 16.9. The number of para-hydroxylation sites is 2. The fraction of sp³-hybridized carbons (Fsp3) is 0.364. The average Bonchev–Trinajstić information content (AvgIpc) is 2.68. The van der Waals surface area contributed by atoms with E-state index in [-0.39, 0.29) is 11.8 Å². The third-order valence-corrected chi connectivity index (χ3v) is 5.28. The molecule has 0 aliphatic carbocycles. The van der Waals surface area contributed by atoms with E-state index < -0.39 is 0 Å². The highest BCUT2D eigenvalue weighted by molar-refractivity contribution is 7.99. The van der Waals surface area contributed by atoms with Gasteiger partial charge in [0.05, 0.1) is 0 Å². The lowest BCUT2D eigenvalue weighted by atomic mass is 10.1. The molecule has 0 fully saturated rings. The van der Waals surface area contributed by atoms with Crippen molar-refractivity contribution in [3.8, 4) is 0 Å².